The number of amides is 1. The number of likely N-dealkylation sites (tertiary alicyclic amines) is 2. The molecule has 8 nitrogen and oxygen atoms in total. The van der Waals surface area contributed by atoms with Crippen molar-refractivity contribution in [3.8, 4) is 5.69 Å². The van der Waals surface area contributed by atoms with E-state index < -0.39 is 15.7 Å². The molecule has 2 aliphatic heterocycles. The monoisotopic (exact) mass is 597 g/mol. The molecule has 10 heteroatoms. The number of benzene rings is 1. The van der Waals surface area contributed by atoms with Crippen molar-refractivity contribution < 1.29 is 17.6 Å². The summed E-state index contributed by atoms with van der Waals surface area (Å²) in [7, 11) is -1.23. The second-order valence-corrected chi connectivity index (χ2v) is 14.7. The number of fused-ring (bicyclic) bond motifs is 1. The van der Waals surface area contributed by atoms with Gasteiger partial charge in [0, 0.05) is 43.7 Å². The molecule has 0 bridgehead atoms. The molecule has 0 spiro atoms. The number of pyridine rings is 1. The van der Waals surface area contributed by atoms with Gasteiger partial charge in [-0.15, -0.1) is 0 Å². The van der Waals surface area contributed by atoms with E-state index in [4.69, 9.17) is 0 Å². The molecule has 2 aromatic heterocycles. The van der Waals surface area contributed by atoms with Crippen LogP contribution in [0.5, 0.6) is 0 Å². The molecule has 4 heterocycles. The molecule has 0 N–H and O–H groups in total. The van der Waals surface area contributed by atoms with Gasteiger partial charge >= 0.3 is 0 Å². The van der Waals surface area contributed by atoms with Crippen LogP contribution in [-0.2, 0) is 9.84 Å². The van der Waals surface area contributed by atoms with Crippen molar-refractivity contribution in [2.75, 3.05) is 51.9 Å². The normalized spacial score (nSPS) is 19.8. The molecular weight excluding hydrogens is 553 g/mol. The third-order valence-corrected chi connectivity index (χ3v) is 9.92. The van der Waals surface area contributed by atoms with Crippen LogP contribution in [0.15, 0.2) is 42.9 Å². The molecule has 2 fully saturated rings. The molecule has 1 amide bonds. The van der Waals surface area contributed by atoms with Gasteiger partial charge in [0.05, 0.1) is 23.0 Å². The first-order valence-corrected chi connectivity index (χ1v) is 17.2. The van der Waals surface area contributed by atoms with Gasteiger partial charge in [-0.2, -0.15) is 0 Å². The van der Waals surface area contributed by atoms with Crippen LogP contribution in [0.1, 0.15) is 67.8 Å². The van der Waals surface area contributed by atoms with Crippen molar-refractivity contribution in [2.24, 2.45) is 5.92 Å². The van der Waals surface area contributed by atoms with Gasteiger partial charge in [-0.1, -0.05) is 0 Å². The molecular formula is C32H44FN5O3S. The Balaban J connectivity index is 1.34. The van der Waals surface area contributed by atoms with E-state index in [2.05, 4.69) is 27.0 Å². The highest BCUT2D eigenvalue weighted by molar-refractivity contribution is 7.90. The Labute approximate surface area is 249 Å². The van der Waals surface area contributed by atoms with E-state index in [0.29, 0.717) is 23.1 Å². The van der Waals surface area contributed by atoms with Crippen LogP contribution in [0, 0.1) is 11.7 Å². The standard InChI is InChI=1S/C32H44FN5O3S/c1-23(2)35(3)32(39)28-18-26(33)7-8-30(28)38-21-29(27-9-13-34-19-31(27)38)25-6-5-14-36(17-12-25)20-24-10-15-37(16-11-24)22-42(4,40)41/h7-9,13,18-19,21,23-25H,5-6,10-12,14-17,20,22H2,1-4H3. The van der Waals surface area contributed by atoms with Crippen LogP contribution in [0.4, 0.5) is 4.39 Å². The Morgan fingerprint density at radius 2 is 1.81 bits per heavy atom. The van der Waals surface area contributed by atoms with E-state index in [1.807, 2.05) is 30.8 Å². The predicted octanol–water partition coefficient (Wildman–Crippen LogP) is 4.93. The van der Waals surface area contributed by atoms with E-state index >= 15 is 0 Å². The average molecular weight is 598 g/mol. The number of hydrogen-bond donors (Lipinski definition) is 0. The van der Waals surface area contributed by atoms with Crippen LogP contribution in [0.25, 0.3) is 16.6 Å². The topological polar surface area (TPSA) is 78.8 Å². The summed E-state index contributed by atoms with van der Waals surface area (Å²) in [5.74, 6) is 0.494. The third kappa shape index (κ3) is 7.03. The molecule has 1 atom stereocenters. The van der Waals surface area contributed by atoms with Crippen LogP contribution >= 0.6 is 0 Å². The summed E-state index contributed by atoms with van der Waals surface area (Å²) in [5, 5.41) is 1.13. The van der Waals surface area contributed by atoms with Crippen molar-refractivity contribution in [1.29, 1.82) is 0 Å². The van der Waals surface area contributed by atoms with E-state index in [0.717, 1.165) is 75.7 Å². The zero-order valence-corrected chi connectivity index (χ0v) is 26.1. The largest absolute Gasteiger partial charge is 0.339 e. The van der Waals surface area contributed by atoms with Gasteiger partial charge in [0.25, 0.3) is 5.91 Å². The van der Waals surface area contributed by atoms with Crippen LogP contribution in [0.3, 0.4) is 0 Å². The number of aromatic nitrogens is 2. The Kier molecular flexibility index (Phi) is 9.34. The molecule has 228 valence electrons. The third-order valence-electron chi connectivity index (χ3n) is 9.08. The molecule has 42 heavy (non-hydrogen) atoms. The maximum Gasteiger partial charge on any atom is 0.256 e. The number of rotatable bonds is 8. The molecule has 2 aliphatic rings. The fourth-order valence-corrected chi connectivity index (χ4v) is 7.50. The van der Waals surface area contributed by atoms with Crippen LogP contribution in [0.2, 0.25) is 0 Å². The minimum absolute atomic E-state index is 0.0128. The van der Waals surface area contributed by atoms with Gasteiger partial charge in [0.15, 0.2) is 9.84 Å². The van der Waals surface area contributed by atoms with Gasteiger partial charge in [0.1, 0.15) is 11.7 Å². The fraction of sp³-hybridized carbons (Fsp3) is 0.562. The smallest absolute Gasteiger partial charge is 0.256 e. The zero-order chi connectivity index (χ0) is 30.0. The lowest BCUT2D eigenvalue weighted by molar-refractivity contribution is 0.0754. The number of piperidine rings is 1. The SMILES string of the molecule is CC(C)N(C)C(=O)c1cc(F)ccc1-n1cc(C2CCCN(CC3CCN(CS(C)(=O)=O)CC3)CC2)c2ccncc21. The Bertz CT molecular complexity index is 1510. The Morgan fingerprint density at radius 1 is 1.07 bits per heavy atom. The maximum atomic E-state index is 14.4. The Morgan fingerprint density at radius 3 is 2.52 bits per heavy atom. The first-order chi connectivity index (χ1) is 20.0. The van der Waals surface area contributed by atoms with Crippen molar-refractivity contribution >= 4 is 26.6 Å². The van der Waals surface area contributed by atoms with E-state index in [9.17, 15) is 17.6 Å². The lowest BCUT2D eigenvalue weighted by Gasteiger charge is -2.34. The average Bonchev–Trinajstić information content (AvgIpc) is 3.17. The molecule has 1 aromatic carbocycles. The molecule has 5 rings (SSSR count). The second kappa shape index (κ2) is 12.8. The van der Waals surface area contributed by atoms with Gasteiger partial charge < -0.3 is 14.4 Å². The lowest BCUT2D eigenvalue weighted by atomic mass is 9.92. The number of carbonyl (C=O) groups excluding carboxylic acids is 1. The number of nitrogens with zero attached hydrogens (tertiary/aromatic N) is 5. The van der Waals surface area contributed by atoms with Crippen molar-refractivity contribution in [2.45, 2.75) is 57.9 Å². The highest BCUT2D eigenvalue weighted by Crippen LogP contribution is 2.36. The minimum Gasteiger partial charge on any atom is -0.339 e. The number of hydrogen-bond acceptors (Lipinski definition) is 6. The summed E-state index contributed by atoms with van der Waals surface area (Å²) in [6.45, 7) is 8.74. The summed E-state index contributed by atoms with van der Waals surface area (Å²) in [5.41, 5.74) is 3.18. The van der Waals surface area contributed by atoms with Crippen LogP contribution in [-0.4, -0.2) is 96.5 Å². The first kappa shape index (κ1) is 30.6. The highest BCUT2D eigenvalue weighted by Gasteiger charge is 2.27. The van der Waals surface area contributed by atoms with Crippen molar-refractivity contribution in [3.63, 3.8) is 0 Å². The molecule has 0 radical (unpaired) electrons. The van der Waals surface area contributed by atoms with E-state index in [-0.39, 0.29) is 17.8 Å². The summed E-state index contributed by atoms with van der Waals surface area (Å²) >= 11 is 0. The zero-order valence-electron chi connectivity index (χ0n) is 25.3. The van der Waals surface area contributed by atoms with E-state index in [1.54, 1.807) is 18.0 Å². The van der Waals surface area contributed by atoms with Gasteiger partial charge in [-0.05, 0) is 114 Å². The summed E-state index contributed by atoms with van der Waals surface area (Å²) in [6, 6.07) is 6.50. The van der Waals surface area contributed by atoms with Gasteiger partial charge in [-0.25, -0.2) is 12.8 Å². The lowest BCUT2D eigenvalue weighted by Crippen LogP contribution is -2.40. The van der Waals surface area contributed by atoms with Crippen LogP contribution < -0.4 is 0 Å². The highest BCUT2D eigenvalue weighted by atomic mass is 32.2. The molecule has 2 saturated heterocycles. The summed E-state index contributed by atoms with van der Waals surface area (Å²) in [6.07, 6.45) is 12.4. The fourth-order valence-electron chi connectivity index (χ4n) is 6.58. The molecule has 0 aliphatic carbocycles. The second-order valence-electron chi connectivity index (χ2n) is 12.6. The number of carbonyl (C=O) groups is 1. The van der Waals surface area contributed by atoms with Gasteiger partial charge in [-0.3, -0.25) is 14.7 Å². The van der Waals surface area contributed by atoms with Crippen molar-refractivity contribution in [1.82, 2.24) is 24.3 Å². The molecule has 1 unspecified atom stereocenters. The molecule has 3 aromatic rings. The van der Waals surface area contributed by atoms with Gasteiger partial charge in [0.2, 0.25) is 0 Å². The number of halogens is 1. The first-order valence-electron chi connectivity index (χ1n) is 15.1. The van der Waals surface area contributed by atoms with E-state index in [1.165, 1.54) is 24.0 Å². The van der Waals surface area contributed by atoms with Crippen molar-refractivity contribution in [3.05, 3.63) is 59.8 Å². The maximum absolute atomic E-state index is 14.4. The molecule has 0 saturated carbocycles. The predicted molar refractivity (Wildman–Crippen MR) is 165 cm³/mol. The quantitative estimate of drug-likeness (QED) is 0.367. The number of sulfone groups is 1. The summed E-state index contributed by atoms with van der Waals surface area (Å²) < 4.78 is 39.8. The minimum atomic E-state index is -2.98. The Hall–Kier alpha value is -2.82. The summed E-state index contributed by atoms with van der Waals surface area (Å²) in [4.78, 5) is 24.1.